The number of furan rings is 1. The van der Waals surface area contributed by atoms with Gasteiger partial charge in [-0.25, -0.2) is 4.79 Å². The molecule has 0 saturated heterocycles. The molecule has 0 bridgehead atoms. The second kappa shape index (κ2) is 6.12. The molecule has 1 heterocycles. The van der Waals surface area contributed by atoms with E-state index in [1.165, 1.54) is 19.2 Å². The van der Waals surface area contributed by atoms with E-state index in [4.69, 9.17) is 24.1 Å². The molecule has 0 aliphatic rings. The third-order valence-electron chi connectivity index (χ3n) is 2.65. The molecule has 0 spiro atoms. The van der Waals surface area contributed by atoms with Gasteiger partial charge in [-0.1, -0.05) is 6.07 Å². The number of rotatable bonds is 6. The summed E-state index contributed by atoms with van der Waals surface area (Å²) in [6.45, 7) is -0.00108. The van der Waals surface area contributed by atoms with Crippen LogP contribution in [0.25, 0.3) is 0 Å². The van der Waals surface area contributed by atoms with Crippen molar-refractivity contribution in [1.82, 2.24) is 0 Å². The van der Waals surface area contributed by atoms with Gasteiger partial charge >= 0.3 is 5.97 Å². The number of hydrogen-bond donors (Lipinski definition) is 2. The summed E-state index contributed by atoms with van der Waals surface area (Å²) in [5.74, 6) is 0.113. The number of carbonyl (C=O) groups is 1. The summed E-state index contributed by atoms with van der Waals surface area (Å²) in [5, 5.41) is 17.8. The maximum Gasteiger partial charge on any atom is 0.371 e. The first-order valence-electron chi connectivity index (χ1n) is 5.86. The summed E-state index contributed by atoms with van der Waals surface area (Å²) in [6.07, 6.45) is 0. The van der Waals surface area contributed by atoms with Crippen LogP contribution in [0, 0.1) is 0 Å². The van der Waals surface area contributed by atoms with Gasteiger partial charge < -0.3 is 24.1 Å². The van der Waals surface area contributed by atoms with Gasteiger partial charge in [0.2, 0.25) is 5.76 Å². The SMILES string of the molecule is COc1cc(CO)ccc1OCc1ccc(C(=O)O)o1. The lowest BCUT2D eigenvalue weighted by Gasteiger charge is -2.10. The minimum Gasteiger partial charge on any atom is -0.493 e. The number of carboxylic acid groups (broad SMARTS) is 1. The molecule has 6 heteroatoms. The molecule has 2 N–H and O–H groups in total. The number of benzene rings is 1. The van der Waals surface area contributed by atoms with Crippen LogP contribution >= 0.6 is 0 Å². The zero-order chi connectivity index (χ0) is 14.5. The third kappa shape index (κ3) is 3.10. The van der Waals surface area contributed by atoms with Crippen LogP contribution in [0.15, 0.2) is 34.7 Å². The molecule has 0 saturated carbocycles. The van der Waals surface area contributed by atoms with Gasteiger partial charge in [0, 0.05) is 0 Å². The predicted molar refractivity (Wildman–Crippen MR) is 68.9 cm³/mol. The van der Waals surface area contributed by atoms with Crippen molar-refractivity contribution in [2.75, 3.05) is 7.11 Å². The molecule has 1 aromatic carbocycles. The Morgan fingerprint density at radius 3 is 2.65 bits per heavy atom. The highest BCUT2D eigenvalue weighted by molar-refractivity contribution is 5.84. The first kappa shape index (κ1) is 14.0. The number of hydrogen-bond acceptors (Lipinski definition) is 5. The largest absolute Gasteiger partial charge is 0.493 e. The van der Waals surface area contributed by atoms with Crippen molar-refractivity contribution in [1.29, 1.82) is 0 Å². The normalized spacial score (nSPS) is 10.3. The minimum atomic E-state index is -1.12. The van der Waals surface area contributed by atoms with E-state index in [2.05, 4.69) is 0 Å². The minimum absolute atomic E-state index is 0.0854. The van der Waals surface area contributed by atoms with Crippen LogP contribution in [0.3, 0.4) is 0 Å². The fourth-order valence-electron chi connectivity index (χ4n) is 1.65. The zero-order valence-corrected chi connectivity index (χ0v) is 10.8. The van der Waals surface area contributed by atoms with Crippen LogP contribution in [0.4, 0.5) is 0 Å². The number of aromatic carboxylic acids is 1. The van der Waals surface area contributed by atoms with Gasteiger partial charge in [0.05, 0.1) is 13.7 Å². The Bertz CT molecular complexity index is 601. The molecule has 2 aromatic rings. The molecule has 6 nitrogen and oxygen atoms in total. The molecular weight excluding hydrogens is 264 g/mol. The Morgan fingerprint density at radius 2 is 2.05 bits per heavy atom. The van der Waals surface area contributed by atoms with Gasteiger partial charge in [-0.05, 0) is 29.8 Å². The van der Waals surface area contributed by atoms with Gasteiger partial charge in [-0.3, -0.25) is 0 Å². The molecule has 1 aromatic heterocycles. The molecule has 0 amide bonds. The van der Waals surface area contributed by atoms with Gasteiger partial charge in [0.25, 0.3) is 0 Å². The quantitative estimate of drug-likeness (QED) is 0.840. The predicted octanol–water partition coefficient (Wildman–Crippen LogP) is 2.06. The average molecular weight is 278 g/mol. The molecule has 0 radical (unpaired) electrons. The Labute approximate surface area is 115 Å². The maximum atomic E-state index is 10.7. The first-order valence-corrected chi connectivity index (χ1v) is 5.86. The van der Waals surface area contributed by atoms with E-state index in [0.29, 0.717) is 22.8 Å². The van der Waals surface area contributed by atoms with Gasteiger partial charge in [-0.15, -0.1) is 0 Å². The molecule has 0 aliphatic heterocycles. The van der Waals surface area contributed by atoms with Crippen LogP contribution < -0.4 is 9.47 Å². The molecule has 2 rings (SSSR count). The van der Waals surface area contributed by atoms with Gasteiger partial charge in [-0.2, -0.15) is 0 Å². The highest BCUT2D eigenvalue weighted by Gasteiger charge is 2.11. The monoisotopic (exact) mass is 278 g/mol. The number of carboxylic acids is 1. The van der Waals surface area contributed by atoms with E-state index in [1.54, 1.807) is 18.2 Å². The average Bonchev–Trinajstić information content (AvgIpc) is 2.94. The maximum absolute atomic E-state index is 10.7. The molecule has 0 atom stereocenters. The summed E-state index contributed by atoms with van der Waals surface area (Å²) < 4.78 is 15.8. The van der Waals surface area contributed by atoms with E-state index in [-0.39, 0.29) is 19.0 Å². The van der Waals surface area contributed by atoms with E-state index in [1.807, 2.05) is 0 Å². The Hall–Kier alpha value is -2.47. The lowest BCUT2D eigenvalue weighted by atomic mass is 10.2. The second-order valence-electron chi connectivity index (χ2n) is 4.00. The number of aliphatic hydroxyl groups is 1. The number of aliphatic hydroxyl groups excluding tert-OH is 1. The first-order chi connectivity index (χ1) is 9.63. The fraction of sp³-hybridized carbons (Fsp3) is 0.214. The van der Waals surface area contributed by atoms with Crippen molar-refractivity contribution in [3.05, 3.63) is 47.4 Å². The lowest BCUT2D eigenvalue weighted by molar-refractivity contribution is 0.0658. The van der Waals surface area contributed by atoms with Crippen molar-refractivity contribution < 1.29 is 28.9 Å². The van der Waals surface area contributed by atoms with Crippen LogP contribution in [0.1, 0.15) is 21.9 Å². The van der Waals surface area contributed by atoms with Crippen LogP contribution in [0.2, 0.25) is 0 Å². The van der Waals surface area contributed by atoms with E-state index >= 15 is 0 Å². The number of methoxy groups -OCH3 is 1. The molecule has 0 aliphatic carbocycles. The van der Waals surface area contributed by atoms with Crippen LogP contribution in [0.5, 0.6) is 11.5 Å². The molecule has 0 unspecified atom stereocenters. The smallest absolute Gasteiger partial charge is 0.371 e. The molecular formula is C14H14O6. The highest BCUT2D eigenvalue weighted by atomic mass is 16.5. The van der Waals surface area contributed by atoms with Crippen molar-refractivity contribution in [3.63, 3.8) is 0 Å². The Kier molecular flexibility index (Phi) is 4.27. The summed E-state index contributed by atoms with van der Waals surface area (Å²) in [5.41, 5.74) is 0.709. The number of ether oxygens (including phenoxy) is 2. The van der Waals surface area contributed by atoms with E-state index in [9.17, 15) is 4.79 Å². The summed E-state index contributed by atoms with van der Waals surface area (Å²) in [4.78, 5) is 10.7. The Morgan fingerprint density at radius 1 is 1.25 bits per heavy atom. The van der Waals surface area contributed by atoms with E-state index < -0.39 is 5.97 Å². The Balaban J connectivity index is 2.07. The summed E-state index contributed by atoms with van der Waals surface area (Å²) in [7, 11) is 1.50. The summed E-state index contributed by atoms with van der Waals surface area (Å²) in [6, 6.07) is 7.96. The third-order valence-corrected chi connectivity index (χ3v) is 2.65. The van der Waals surface area contributed by atoms with Crippen LogP contribution in [-0.2, 0) is 13.2 Å². The van der Waals surface area contributed by atoms with Gasteiger partial charge in [0.15, 0.2) is 11.5 Å². The van der Waals surface area contributed by atoms with Crippen molar-refractivity contribution in [3.8, 4) is 11.5 Å². The molecule has 0 fully saturated rings. The van der Waals surface area contributed by atoms with Crippen LogP contribution in [-0.4, -0.2) is 23.3 Å². The standard InChI is InChI=1S/C14H14O6/c1-18-13-6-9(7-15)2-4-11(13)19-8-10-3-5-12(20-10)14(16)17/h2-6,15H,7-8H2,1H3,(H,16,17). The summed E-state index contributed by atoms with van der Waals surface area (Å²) >= 11 is 0. The van der Waals surface area contributed by atoms with Crippen molar-refractivity contribution in [2.24, 2.45) is 0 Å². The van der Waals surface area contributed by atoms with E-state index in [0.717, 1.165) is 0 Å². The molecule has 20 heavy (non-hydrogen) atoms. The fourth-order valence-corrected chi connectivity index (χ4v) is 1.65. The highest BCUT2D eigenvalue weighted by Crippen LogP contribution is 2.29. The zero-order valence-electron chi connectivity index (χ0n) is 10.8. The second-order valence-corrected chi connectivity index (χ2v) is 4.00. The van der Waals surface area contributed by atoms with Gasteiger partial charge in [0.1, 0.15) is 12.4 Å². The van der Waals surface area contributed by atoms with Crippen molar-refractivity contribution in [2.45, 2.75) is 13.2 Å². The lowest BCUT2D eigenvalue weighted by Crippen LogP contribution is -1.98. The van der Waals surface area contributed by atoms with Crippen molar-refractivity contribution >= 4 is 5.97 Å². The topological polar surface area (TPSA) is 89.1 Å². The molecule has 106 valence electrons.